The van der Waals surface area contributed by atoms with E-state index in [1.54, 1.807) is 12.1 Å². The average molecular weight is 276 g/mol. The van der Waals surface area contributed by atoms with Crippen LogP contribution in [0.4, 0.5) is 0 Å². The minimum Gasteiger partial charge on any atom is -0.480 e. The molecule has 0 heterocycles. The topological polar surface area (TPSA) is 54.4 Å². The molecule has 0 aliphatic heterocycles. The van der Waals surface area contributed by atoms with Crippen LogP contribution in [0.2, 0.25) is 0 Å². The SMILES string of the molecule is CC(C)Cc1ccc(C(C=O)C(=O)O)cc1.[Fe]. The first kappa shape index (κ1) is 15.9. The minimum absolute atomic E-state index is 0. The molecule has 0 aliphatic rings. The molecule has 0 bridgehead atoms. The Morgan fingerprint density at radius 3 is 2.18 bits per heavy atom. The smallest absolute Gasteiger partial charge is 0.318 e. The zero-order valence-corrected chi connectivity index (χ0v) is 11.0. The Labute approximate surface area is 112 Å². The summed E-state index contributed by atoms with van der Waals surface area (Å²) in [7, 11) is 0. The van der Waals surface area contributed by atoms with E-state index < -0.39 is 11.9 Å². The molecule has 0 amide bonds. The second kappa shape index (κ2) is 7.25. The van der Waals surface area contributed by atoms with Crippen molar-refractivity contribution in [3.63, 3.8) is 0 Å². The van der Waals surface area contributed by atoms with E-state index in [0.29, 0.717) is 17.8 Å². The van der Waals surface area contributed by atoms with Crippen molar-refractivity contribution in [1.29, 1.82) is 0 Å². The molecule has 1 rings (SSSR count). The Hall–Kier alpha value is -1.12. The van der Waals surface area contributed by atoms with Crippen LogP contribution < -0.4 is 0 Å². The fourth-order valence-corrected chi connectivity index (χ4v) is 1.61. The molecule has 1 aromatic carbocycles. The summed E-state index contributed by atoms with van der Waals surface area (Å²) in [4.78, 5) is 21.4. The predicted molar refractivity (Wildman–Crippen MR) is 61.4 cm³/mol. The van der Waals surface area contributed by atoms with Gasteiger partial charge in [0.15, 0.2) is 0 Å². The molecule has 3 nitrogen and oxygen atoms in total. The van der Waals surface area contributed by atoms with Crippen LogP contribution in [-0.2, 0) is 33.1 Å². The van der Waals surface area contributed by atoms with Crippen LogP contribution >= 0.6 is 0 Å². The number of aliphatic carboxylic acids is 1. The molecule has 0 aromatic heterocycles. The fourth-order valence-electron chi connectivity index (χ4n) is 1.61. The Bertz CT molecular complexity index is 371. The molecule has 1 aromatic rings. The van der Waals surface area contributed by atoms with Crippen molar-refractivity contribution in [2.45, 2.75) is 26.2 Å². The van der Waals surface area contributed by atoms with Gasteiger partial charge in [-0.2, -0.15) is 0 Å². The number of hydrogen-bond donors (Lipinski definition) is 1. The van der Waals surface area contributed by atoms with Gasteiger partial charge < -0.3 is 9.90 Å². The molecule has 0 fully saturated rings. The van der Waals surface area contributed by atoms with Gasteiger partial charge in [0.1, 0.15) is 12.2 Å². The van der Waals surface area contributed by atoms with Crippen molar-refractivity contribution in [2.75, 3.05) is 0 Å². The number of carboxylic acids is 1. The molecule has 1 unspecified atom stereocenters. The molecule has 17 heavy (non-hydrogen) atoms. The summed E-state index contributed by atoms with van der Waals surface area (Å²) in [6.07, 6.45) is 1.42. The van der Waals surface area contributed by atoms with E-state index in [9.17, 15) is 9.59 Å². The monoisotopic (exact) mass is 276 g/mol. The molecular formula is C13H16FeO3. The summed E-state index contributed by atoms with van der Waals surface area (Å²) in [5.74, 6) is -1.59. The van der Waals surface area contributed by atoms with Crippen molar-refractivity contribution in [3.05, 3.63) is 35.4 Å². The van der Waals surface area contributed by atoms with E-state index in [2.05, 4.69) is 13.8 Å². The van der Waals surface area contributed by atoms with Gasteiger partial charge >= 0.3 is 5.97 Å². The van der Waals surface area contributed by atoms with Crippen LogP contribution in [0.5, 0.6) is 0 Å². The van der Waals surface area contributed by atoms with Crippen molar-refractivity contribution in [2.24, 2.45) is 5.92 Å². The maximum Gasteiger partial charge on any atom is 0.318 e. The van der Waals surface area contributed by atoms with E-state index in [0.717, 1.165) is 12.0 Å². The van der Waals surface area contributed by atoms with Gasteiger partial charge in [-0.1, -0.05) is 38.1 Å². The Morgan fingerprint density at radius 1 is 1.29 bits per heavy atom. The average Bonchev–Trinajstić information content (AvgIpc) is 2.20. The normalized spacial score (nSPS) is 11.7. The van der Waals surface area contributed by atoms with Gasteiger partial charge in [0, 0.05) is 17.1 Å². The summed E-state index contributed by atoms with van der Waals surface area (Å²) in [5, 5.41) is 8.81. The maximum absolute atomic E-state index is 10.8. The second-order valence-corrected chi connectivity index (χ2v) is 4.29. The second-order valence-electron chi connectivity index (χ2n) is 4.29. The van der Waals surface area contributed by atoms with E-state index >= 15 is 0 Å². The van der Waals surface area contributed by atoms with Crippen LogP contribution in [0.15, 0.2) is 24.3 Å². The van der Waals surface area contributed by atoms with Crippen molar-refractivity contribution >= 4 is 12.3 Å². The molecule has 0 radical (unpaired) electrons. The first-order valence-electron chi connectivity index (χ1n) is 5.31. The largest absolute Gasteiger partial charge is 0.480 e. The summed E-state index contributed by atoms with van der Waals surface area (Å²) in [6, 6.07) is 7.19. The van der Waals surface area contributed by atoms with Crippen LogP contribution in [0, 0.1) is 5.92 Å². The van der Waals surface area contributed by atoms with Crippen molar-refractivity contribution in [1.82, 2.24) is 0 Å². The van der Waals surface area contributed by atoms with Crippen molar-refractivity contribution < 1.29 is 31.8 Å². The van der Waals surface area contributed by atoms with Gasteiger partial charge in [0.25, 0.3) is 0 Å². The number of carboxylic acid groups (broad SMARTS) is 1. The van der Waals surface area contributed by atoms with E-state index in [4.69, 9.17) is 5.11 Å². The number of carbonyl (C=O) groups is 2. The van der Waals surface area contributed by atoms with Gasteiger partial charge in [-0.25, -0.2) is 0 Å². The van der Waals surface area contributed by atoms with Gasteiger partial charge in [-0.3, -0.25) is 4.79 Å². The third-order valence-electron chi connectivity index (χ3n) is 2.38. The van der Waals surface area contributed by atoms with Crippen LogP contribution in [0.1, 0.15) is 30.9 Å². The maximum atomic E-state index is 10.8. The molecule has 1 N–H and O–H groups in total. The van der Waals surface area contributed by atoms with Gasteiger partial charge in [0.05, 0.1) is 0 Å². The van der Waals surface area contributed by atoms with Crippen molar-refractivity contribution in [3.8, 4) is 0 Å². The molecule has 4 heteroatoms. The number of aldehydes is 1. The standard InChI is InChI=1S/C13H16O3.Fe/c1-9(2)7-10-3-5-11(6-4-10)12(8-14)13(15)16;/h3-6,8-9,12H,7H2,1-2H3,(H,15,16);. The zero-order valence-electron chi connectivity index (χ0n) is 9.87. The third-order valence-corrected chi connectivity index (χ3v) is 2.38. The molecule has 0 aliphatic carbocycles. The minimum atomic E-state index is -1.10. The number of hydrogen-bond acceptors (Lipinski definition) is 2. The van der Waals surface area contributed by atoms with E-state index in [-0.39, 0.29) is 17.1 Å². The molecule has 0 spiro atoms. The molecule has 0 saturated carbocycles. The zero-order chi connectivity index (χ0) is 12.1. The van der Waals surface area contributed by atoms with E-state index in [1.807, 2.05) is 12.1 Å². The molecular weight excluding hydrogens is 260 g/mol. The molecule has 94 valence electrons. The van der Waals surface area contributed by atoms with Gasteiger partial charge in [-0.05, 0) is 23.5 Å². The first-order valence-corrected chi connectivity index (χ1v) is 5.31. The predicted octanol–water partition coefficient (Wildman–Crippen LogP) is 2.25. The summed E-state index contributed by atoms with van der Waals surface area (Å²) < 4.78 is 0. The van der Waals surface area contributed by atoms with E-state index in [1.165, 1.54) is 0 Å². The van der Waals surface area contributed by atoms with Crippen LogP contribution in [-0.4, -0.2) is 17.4 Å². The number of benzene rings is 1. The van der Waals surface area contributed by atoms with Crippen LogP contribution in [0.3, 0.4) is 0 Å². The fraction of sp³-hybridized carbons (Fsp3) is 0.385. The third kappa shape index (κ3) is 4.72. The summed E-state index contributed by atoms with van der Waals surface area (Å²) in [5.41, 5.74) is 1.70. The molecule has 0 saturated heterocycles. The quantitative estimate of drug-likeness (QED) is 0.510. The van der Waals surface area contributed by atoms with Gasteiger partial charge in [-0.15, -0.1) is 0 Å². The first-order chi connectivity index (χ1) is 7.54. The Balaban J connectivity index is 0.00000256. The van der Waals surface area contributed by atoms with Gasteiger partial charge in [0.2, 0.25) is 0 Å². The Kier molecular flexibility index (Phi) is 6.78. The number of carbonyl (C=O) groups excluding carboxylic acids is 1. The molecule has 1 atom stereocenters. The Morgan fingerprint density at radius 2 is 1.82 bits per heavy atom. The van der Waals surface area contributed by atoms with Crippen LogP contribution in [0.25, 0.3) is 0 Å². The summed E-state index contributed by atoms with van der Waals surface area (Å²) in [6.45, 7) is 4.25. The number of rotatable bonds is 5. The summed E-state index contributed by atoms with van der Waals surface area (Å²) >= 11 is 0.